The van der Waals surface area contributed by atoms with Gasteiger partial charge in [-0.2, -0.15) is 0 Å². The third-order valence-electron chi connectivity index (χ3n) is 2.78. The van der Waals surface area contributed by atoms with E-state index in [2.05, 4.69) is 26.4 Å². The summed E-state index contributed by atoms with van der Waals surface area (Å²) in [7, 11) is 0. The smallest absolute Gasteiger partial charge is 0.265 e. The molecule has 0 saturated heterocycles. The molecular formula is C16H14BrFN2O2. The fraction of sp³-hybridized carbons (Fsp3) is 0.125. The summed E-state index contributed by atoms with van der Waals surface area (Å²) < 4.78 is 13.7. The predicted molar refractivity (Wildman–Crippen MR) is 87.5 cm³/mol. The molecule has 0 unspecified atom stereocenters. The fourth-order valence-electron chi connectivity index (χ4n) is 1.66. The fourth-order valence-corrected chi connectivity index (χ4v) is 1.91. The second-order valence-electron chi connectivity index (χ2n) is 4.57. The molecule has 0 radical (unpaired) electrons. The van der Waals surface area contributed by atoms with Gasteiger partial charge < -0.3 is 10.2 Å². The molecule has 114 valence electrons. The molecule has 6 heteroatoms. The molecule has 2 aromatic rings. The number of hydrogen-bond acceptors (Lipinski definition) is 3. The lowest BCUT2D eigenvalue weighted by atomic mass is 10.2. The summed E-state index contributed by atoms with van der Waals surface area (Å²) in [5.41, 5.74) is 2.40. The molecule has 22 heavy (non-hydrogen) atoms. The normalized spacial score (nSPS) is 10.7. The van der Waals surface area contributed by atoms with Gasteiger partial charge in [0.1, 0.15) is 5.82 Å². The lowest BCUT2D eigenvalue weighted by Gasteiger charge is -2.06. The first-order valence-electron chi connectivity index (χ1n) is 6.51. The first-order chi connectivity index (χ1) is 10.5. The zero-order chi connectivity index (χ0) is 15.9. The van der Waals surface area contributed by atoms with Crippen LogP contribution in [0.25, 0.3) is 0 Å². The number of carbonyl (C=O) groups excluding carboxylic acids is 1. The Morgan fingerprint density at radius 1 is 1.32 bits per heavy atom. The van der Waals surface area contributed by atoms with Crippen molar-refractivity contribution >= 4 is 33.7 Å². The van der Waals surface area contributed by atoms with Crippen LogP contribution in [0.3, 0.4) is 0 Å². The van der Waals surface area contributed by atoms with E-state index in [1.165, 1.54) is 18.3 Å². The topological polar surface area (TPSA) is 50.7 Å². The summed E-state index contributed by atoms with van der Waals surface area (Å²) in [6.07, 6.45) is 1.41. The number of amides is 1. The average molecular weight is 365 g/mol. The van der Waals surface area contributed by atoms with Crippen LogP contribution in [0.15, 0.2) is 52.1 Å². The number of nitrogens with one attached hydrogen (secondary N) is 1. The van der Waals surface area contributed by atoms with Crippen LogP contribution in [0.4, 0.5) is 10.1 Å². The van der Waals surface area contributed by atoms with E-state index in [9.17, 15) is 9.18 Å². The van der Waals surface area contributed by atoms with Gasteiger partial charge in [-0.25, -0.2) is 4.39 Å². The van der Waals surface area contributed by atoms with Crippen molar-refractivity contribution in [3.05, 3.63) is 63.9 Å². The van der Waals surface area contributed by atoms with Crippen molar-refractivity contribution in [2.24, 2.45) is 5.16 Å². The Morgan fingerprint density at radius 2 is 2.05 bits per heavy atom. The molecule has 0 saturated carbocycles. The molecule has 0 aromatic heterocycles. The highest BCUT2D eigenvalue weighted by Crippen LogP contribution is 2.19. The molecule has 0 aliphatic heterocycles. The monoisotopic (exact) mass is 364 g/mol. The van der Waals surface area contributed by atoms with Crippen molar-refractivity contribution in [3.8, 4) is 0 Å². The molecule has 4 nitrogen and oxygen atoms in total. The van der Waals surface area contributed by atoms with Gasteiger partial charge in [0.2, 0.25) is 0 Å². The molecule has 0 bridgehead atoms. The van der Waals surface area contributed by atoms with E-state index < -0.39 is 0 Å². The molecule has 1 amide bonds. The van der Waals surface area contributed by atoms with E-state index in [0.29, 0.717) is 11.3 Å². The number of benzene rings is 2. The van der Waals surface area contributed by atoms with Crippen molar-refractivity contribution in [2.45, 2.75) is 6.92 Å². The van der Waals surface area contributed by atoms with Crippen LogP contribution in [-0.2, 0) is 9.63 Å². The Morgan fingerprint density at radius 3 is 2.73 bits per heavy atom. The van der Waals surface area contributed by atoms with Crippen LogP contribution in [0.2, 0.25) is 0 Å². The van der Waals surface area contributed by atoms with Gasteiger partial charge in [-0.15, -0.1) is 0 Å². The van der Waals surface area contributed by atoms with Crippen LogP contribution in [0, 0.1) is 12.7 Å². The number of halogens is 2. The Labute approximate surface area is 136 Å². The van der Waals surface area contributed by atoms with Gasteiger partial charge in [-0.3, -0.25) is 4.79 Å². The van der Waals surface area contributed by atoms with Gasteiger partial charge in [0.05, 0.1) is 6.21 Å². The number of aryl methyl sites for hydroxylation is 1. The molecule has 2 aromatic carbocycles. The number of hydrogen-bond donors (Lipinski definition) is 1. The maximum atomic E-state index is 12.7. The first kappa shape index (κ1) is 16.2. The van der Waals surface area contributed by atoms with Crippen molar-refractivity contribution < 1.29 is 14.0 Å². The summed E-state index contributed by atoms with van der Waals surface area (Å²) >= 11 is 3.39. The molecule has 0 fully saturated rings. The minimum absolute atomic E-state index is 0.202. The van der Waals surface area contributed by atoms with Gasteiger partial charge in [0, 0.05) is 10.2 Å². The highest BCUT2D eigenvalue weighted by atomic mass is 79.9. The summed E-state index contributed by atoms with van der Waals surface area (Å²) in [4.78, 5) is 16.6. The number of oxime groups is 1. The van der Waals surface area contributed by atoms with Gasteiger partial charge in [-0.1, -0.05) is 33.2 Å². The van der Waals surface area contributed by atoms with E-state index in [1.54, 1.807) is 18.2 Å². The average Bonchev–Trinajstić information content (AvgIpc) is 2.49. The molecule has 0 aliphatic carbocycles. The molecule has 0 heterocycles. The van der Waals surface area contributed by atoms with Crippen LogP contribution in [0.5, 0.6) is 0 Å². The Balaban J connectivity index is 1.80. The van der Waals surface area contributed by atoms with Crippen LogP contribution in [0.1, 0.15) is 11.1 Å². The molecule has 0 atom stereocenters. The van der Waals surface area contributed by atoms with E-state index in [-0.39, 0.29) is 18.3 Å². The minimum Gasteiger partial charge on any atom is -0.386 e. The molecule has 0 aliphatic rings. The highest BCUT2D eigenvalue weighted by Gasteiger charge is 2.04. The summed E-state index contributed by atoms with van der Waals surface area (Å²) in [6, 6.07) is 11.3. The molecule has 0 spiro atoms. The van der Waals surface area contributed by atoms with Gasteiger partial charge in [0.15, 0.2) is 6.61 Å². The van der Waals surface area contributed by atoms with Crippen LogP contribution >= 0.6 is 15.9 Å². The third-order valence-corrected chi connectivity index (χ3v) is 3.67. The third kappa shape index (κ3) is 4.96. The summed E-state index contributed by atoms with van der Waals surface area (Å²) in [5.74, 6) is -0.625. The zero-order valence-electron chi connectivity index (χ0n) is 11.8. The van der Waals surface area contributed by atoms with Crippen molar-refractivity contribution in [3.63, 3.8) is 0 Å². The lowest BCUT2D eigenvalue weighted by Crippen LogP contribution is -2.17. The first-order valence-corrected chi connectivity index (χ1v) is 7.31. The van der Waals surface area contributed by atoms with Gasteiger partial charge in [0.25, 0.3) is 5.91 Å². The van der Waals surface area contributed by atoms with Crippen molar-refractivity contribution in [1.82, 2.24) is 0 Å². The maximum absolute atomic E-state index is 12.7. The zero-order valence-corrected chi connectivity index (χ0v) is 13.4. The lowest BCUT2D eigenvalue weighted by molar-refractivity contribution is -0.120. The SMILES string of the molecule is Cc1cc(NC(=O)CO/N=C/c2ccc(F)cc2)ccc1Br. The summed E-state index contributed by atoms with van der Waals surface area (Å²) in [5, 5.41) is 6.38. The van der Waals surface area contributed by atoms with Crippen molar-refractivity contribution in [1.29, 1.82) is 0 Å². The number of rotatable bonds is 5. The molecule has 2 rings (SSSR count). The molecular weight excluding hydrogens is 351 g/mol. The minimum atomic E-state index is -0.317. The standard InChI is InChI=1S/C16H14BrFN2O2/c1-11-8-14(6-7-15(11)17)20-16(21)10-22-19-9-12-2-4-13(18)5-3-12/h2-9H,10H2,1H3,(H,20,21)/b19-9+. The van der Waals surface area contributed by atoms with E-state index >= 15 is 0 Å². The maximum Gasteiger partial charge on any atom is 0.265 e. The number of nitrogens with zero attached hydrogens (tertiary/aromatic N) is 1. The Hall–Kier alpha value is -2.21. The predicted octanol–water partition coefficient (Wildman–Crippen LogP) is 3.89. The van der Waals surface area contributed by atoms with Crippen molar-refractivity contribution in [2.75, 3.05) is 11.9 Å². The number of carbonyl (C=O) groups is 1. The van der Waals surface area contributed by atoms with Crippen LogP contribution < -0.4 is 5.32 Å². The quantitative estimate of drug-likeness (QED) is 0.646. The highest BCUT2D eigenvalue weighted by molar-refractivity contribution is 9.10. The largest absolute Gasteiger partial charge is 0.386 e. The molecule has 1 N–H and O–H groups in total. The second kappa shape index (κ2) is 7.70. The van der Waals surface area contributed by atoms with Crippen LogP contribution in [-0.4, -0.2) is 18.7 Å². The Kier molecular flexibility index (Phi) is 5.66. The van der Waals surface area contributed by atoms with E-state index in [4.69, 9.17) is 4.84 Å². The Bertz CT molecular complexity index is 687. The number of anilines is 1. The van der Waals surface area contributed by atoms with Gasteiger partial charge in [-0.05, 0) is 48.4 Å². The second-order valence-corrected chi connectivity index (χ2v) is 5.43. The van der Waals surface area contributed by atoms with E-state index in [0.717, 1.165) is 10.0 Å². The van der Waals surface area contributed by atoms with E-state index in [1.807, 2.05) is 19.1 Å². The van der Waals surface area contributed by atoms with Gasteiger partial charge >= 0.3 is 0 Å². The summed E-state index contributed by atoms with van der Waals surface area (Å²) in [6.45, 7) is 1.73.